The minimum atomic E-state index is -0.199. The highest BCUT2D eigenvalue weighted by Crippen LogP contribution is 2.36. The second kappa shape index (κ2) is 11.7. The second-order valence-corrected chi connectivity index (χ2v) is 10.3. The highest BCUT2D eigenvalue weighted by Gasteiger charge is 2.27. The zero-order valence-electron chi connectivity index (χ0n) is 22.7. The summed E-state index contributed by atoms with van der Waals surface area (Å²) in [4.78, 5) is 40.1. The summed E-state index contributed by atoms with van der Waals surface area (Å²) in [6, 6.07) is 6.42. The third kappa shape index (κ3) is 5.92. The largest absolute Gasteiger partial charge is 0.369 e. The monoisotopic (exact) mass is 501 g/mol. The lowest BCUT2D eigenvalue weighted by atomic mass is 9.83. The maximum absolute atomic E-state index is 13.6. The molecule has 4 rings (SSSR count). The van der Waals surface area contributed by atoms with Crippen molar-refractivity contribution in [1.29, 1.82) is 0 Å². The van der Waals surface area contributed by atoms with E-state index in [1.54, 1.807) is 18.6 Å². The molecular formula is C30H39N5O2. The summed E-state index contributed by atoms with van der Waals surface area (Å²) >= 11 is 0. The number of pyridine rings is 1. The Morgan fingerprint density at radius 1 is 1.08 bits per heavy atom. The van der Waals surface area contributed by atoms with Gasteiger partial charge in [-0.3, -0.25) is 19.6 Å². The molecule has 0 aliphatic heterocycles. The van der Waals surface area contributed by atoms with E-state index in [2.05, 4.69) is 45.1 Å². The lowest BCUT2D eigenvalue weighted by Gasteiger charge is -2.39. The van der Waals surface area contributed by atoms with E-state index in [4.69, 9.17) is 0 Å². The number of aryl methyl sites for hydroxylation is 2. The van der Waals surface area contributed by atoms with Gasteiger partial charge in [0.05, 0.1) is 11.9 Å². The molecule has 1 amide bonds. The average Bonchev–Trinajstić information content (AvgIpc) is 2.90. The zero-order valence-corrected chi connectivity index (χ0v) is 22.7. The first-order valence-corrected chi connectivity index (χ1v) is 13.5. The van der Waals surface area contributed by atoms with Gasteiger partial charge in [-0.25, -0.2) is 0 Å². The van der Waals surface area contributed by atoms with Gasteiger partial charge < -0.3 is 15.2 Å². The quantitative estimate of drug-likeness (QED) is 0.426. The predicted octanol–water partition coefficient (Wildman–Crippen LogP) is 5.48. The summed E-state index contributed by atoms with van der Waals surface area (Å²) < 4.78 is 0. The third-order valence-corrected chi connectivity index (χ3v) is 7.89. The maximum atomic E-state index is 13.6. The molecule has 0 unspecified atom stereocenters. The molecule has 196 valence electrons. The molecule has 1 aliphatic rings. The molecule has 0 radical (unpaired) electrons. The predicted molar refractivity (Wildman–Crippen MR) is 149 cm³/mol. The van der Waals surface area contributed by atoms with Crippen LogP contribution in [-0.4, -0.2) is 33.4 Å². The summed E-state index contributed by atoms with van der Waals surface area (Å²) in [6.07, 6.45) is 11.1. The Morgan fingerprint density at radius 2 is 1.84 bits per heavy atom. The van der Waals surface area contributed by atoms with Gasteiger partial charge in [-0.15, -0.1) is 0 Å². The number of hydrogen-bond donors (Lipinski definition) is 2. The molecule has 1 aliphatic carbocycles. The molecule has 3 aromatic rings. The van der Waals surface area contributed by atoms with Gasteiger partial charge in [-0.05, 0) is 88.6 Å². The maximum Gasteiger partial charge on any atom is 0.253 e. The van der Waals surface area contributed by atoms with E-state index in [0.29, 0.717) is 17.2 Å². The van der Waals surface area contributed by atoms with Crippen LogP contribution in [0, 0.1) is 26.7 Å². The number of H-pyrrole nitrogens is 1. The molecule has 7 nitrogen and oxygen atoms in total. The van der Waals surface area contributed by atoms with Crippen molar-refractivity contribution in [3.63, 3.8) is 0 Å². The summed E-state index contributed by atoms with van der Waals surface area (Å²) in [6.45, 7) is 11.3. The van der Waals surface area contributed by atoms with E-state index in [-0.39, 0.29) is 18.0 Å². The molecule has 2 aromatic heterocycles. The van der Waals surface area contributed by atoms with Crippen LogP contribution in [0.5, 0.6) is 0 Å². The van der Waals surface area contributed by atoms with Crippen LogP contribution in [0.2, 0.25) is 0 Å². The first-order chi connectivity index (χ1) is 17.8. The fraction of sp³-hybridized carbons (Fsp3) is 0.467. The van der Waals surface area contributed by atoms with Crippen LogP contribution < -0.4 is 15.8 Å². The van der Waals surface area contributed by atoms with Gasteiger partial charge in [0.2, 0.25) is 0 Å². The van der Waals surface area contributed by atoms with Crippen LogP contribution in [0.15, 0.2) is 41.6 Å². The van der Waals surface area contributed by atoms with Crippen LogP contribution >= 0.6 is 0 Å². The van der Waals surface area contributed by atoms with E-state index in [1.807, 2.05) is 32.9 Å². The van der Waals surface area contributed by atoms with E-state index in [0.717, 1.165) is 59.1 Å². The molecule has 7 heteroatoms. The molecule has 1 fully saturated rings. The molecule has 2 heterocycles. The van der Waals surface area contributed by atoms with Crippen LogP contribution in [0.3, 0.4) is 0 Å². The Bertz CT molecular complexity index is 1290. The molecule has 0 spiro atoms. The first-order valence-electron chi connectivity index (χ1n) is 13.5. The molecule has 1 saturated carbocycles. The number of carbonyl (C=O) groups is 1. The van der Waals surface area contributed by atoms with Crippen molar-refractivity contribution in [1.82, 2.24) is 20.3 Å². The lowest BCUT2D eigenvalue weighted by molar-refractivity contribution is 0.0950. The number of nitrogens with zero attached hydrogens (tertiary/aromatic N) is 3. The number of nitrogens with one attached hydrogen (secondary N) is 2. The Morgan fingerprint density at radius 3 is 2.46 bits per heavy atom. The number of aromatic amines is 1. The first kappa shape index (κ1) is 26.6. The van der Waals surface area contributed by atoms with Gasteiger partial charge in [0, 0.05) is 59.6 Å². The Hall–Kier alpha value is -3.48. The highest BCUT2D eigenvalue weighted by atomic mass is 16.1. The molecule has 37 heavy (non-hydrogen) atoms. The van der Waals surface area contributed by atoms with Crippen LogP contribution in [0.1, 0.15) is 78.7 Å². The van der Waals surface area contributed by atoms with Crippen molar-refractivity contribution in [3.05, 3.63) is 75.1 Å². The van der Waals surface area contributed by atoms with Gasteiger partial charge in [-0.1, -0.05) is 13.3 Å². The van der Waals surface area contributed by atoms with Crippen LogP contribution in [-0.2, 0) is 6.54 Å². The number of anilines is 1. The average molecular weight is 502 g/mol. The third-order valence-electron chi connectivity index (χ3n) is 7.89. The number of rotatable bonds is 8. The summed E-state index contributed by atoms with van der Waals surface area (Å²) in [7, 11) is 0. The SMILES string of the molecule is CCC1CCC(N(CC)c2cc(-c3cnccn3)cc(C(=O)NCc3c(C)cc(C)[nH]c3=O)c2C)CC1. The molecule has 2 N–H and O–H groups in total. The number of aromatic nitrogens is 3. The zero-order chi connectivity index (χ0) is 26.5. The van der Waals surface area contributed by atoms with Crippen LogP contribution in [0.4, 0.5) is 5.69 Å². The summed E-state index contributed by atoms with van der Waals surface area (Å²) in [5, 5.41) is 3.00. The highest BCUT2D eigenvalue weighted by molar-refractivity contribution is 5.98. The fourth-order valence-electron chi connectivity index (χ4n) is 5.68. The number of benzene rings is 1. The van der Waals surface area contributed by atoms with Crippen molar-refractivity contribution in [2.45, 2.75) is 79.3 Å². The minimum Gasteiger partial charge on any atom is -0.369 e. The van der Waals surface area contributed by atoms with Gasteiger partial charge in [0.1, 0.15) is 0 Å². The minimum absolute atomic E-state index is 0.164. The molecule has 0 saturated heterocycles. The normalized spacial score (nSPS) is 17.4. The van der Waals surface area contributed by atoms with E-state index < -0.39 is 0 Å². The molecular weight excluding hydrogens is 462 g/mol. The standard InChI is InChI=1S/C30H39N5O2/c1-6-22-8-10-24(11-9-22)35(7-2)28-16-23(27-18-31-12-13-32-27)15-25(21(28)5)29(36)33-17-26-19(3)14-20(4)34-30(26)37/h12-16,18,22,24H,6-11,17H2,1-5H3,(H,33,36)(H,34,37). The molecule has 0 atom stereocenters. The Labute approximate surface area is 219 Å². The number of hydrogen-bond acceptors (Lipinski definition) is 5. The van der Waals surface area contributed by atoms with E-state index in [9.17, 15) is 9.59 Å². The smallest absolute Gasteiger partial charge is 0.253 e. The lowest BCUT2D eigenvalue weighted by Crippen LogP contribution is -2.39. The van der Waals surface area contributed by atoms with Crippen molar-refractivity contribution in [2.75, 3.05) is 11.4 Å². The van der Waals surface area contributed by atoms with Gasteiger partial charge in [0.15, 0.2) is 0 Å². The Balaban J connectivity index is 1.69. The number of amides is 1. The molecule has 1 aromatic carbocycles. The topological polar surface area (TPSA) is 91.0 Å². The van der Waals surface area contributed by atoms with Gasteiger partial charge in [0.25, 0.3) is 11.5 Å². The second-order valence-electron chi connectivity index (χ2n) is 10.3. The fourth-order valence-corrected chi connectivity index (χ4v) is 5.68. The van der Waals surface area contributed by atoms with Crippen molar-refractivity contribution < 1.29 is 4.79 Å². The van der Waals surface area contributed by atoms with E-state index in [1.165, 1.54) is 19.3 Å². The van der Waals surface area contributed by atoms with Gasteiger partial charge >= 0.3 is 0 Å². The summed E-state index contributed by atoms with van der Waals surface area (Å²) in [5.41, 5.74) is 6.29. The van der Waals surface area contributed by atoms with Crippen molar-refractivity contribution in [2.24, 2.45) is 5.92 Å². The molecule has 0 bridgehead atoms. The summed E-state index contributed by atoms with van der Waals surface area (Å²) in [5.74, 6) is 0.617. The van der Waals surface area contributed by atoms with Crippen molar-refractivity contribution in [3.8, 4) is 11.3 Å². The van der Waals surface area contributed by atoms with Gasteiger partial charge in [-0.2, -0.15) is 0 Å². The van der Waals surface area contributed by atoms with Crippen LogP contribution in [0.25, 0.3) is 11.3 Å². The van der Waals surface area contributed by atoms with E-state index >= 15 is 0 Å². The Kier molecular flexibility index (Phi) is 8.41. The number of carbonyl (C=O) groups excluding carboxylic acids is 1. The van der Waals surface area contributed by atoms with Crippen molar-refractivity contribution >= 4 is 11.6 Å².